The summed E-state index contributed by atoms with van der Waals surface area (Å²) in [6.07, 6.45) is 2.57. The molecule has 0 aliphatic rings. The third-order valence-corrected chi connectivity index (χ3v) is 1.88. The second kappa shape index (κ2) is 4.70. The van der Waals surface area contributed by atoms with E-state index in [-0.39, 0.29) is 11.9 Å². The van der Waals surface area contributed by atoms with Crippen molar-refractivity contribution in [3.05, 3.63) is 24.0 Å². The molecule has 3 heteroatoms. The summed E-state index contributed by atoms with van der Waals surface area (Å²) in [6, 6.07) is 3.89. The number of aromatic nitrogens is 1. The van der Waals surface area contributed by atoms with Gasteiger partial charge in [-0.3, -0.25) is 4.79 Å². The van der Waals surface area contributed by atoms with Crippen LogP contribution in [0, 0.1) is 5.92 Å². The highest BCUT2D eigenvalue weighted by atomic mass is 16.5. The van der Waals surface area contributed by atoms with E-state index in [9.17, 15) is 4.79 Å². The first-order valence-corrected chi connectivity index (χ1v) is 4.53. The minimum atomic E-state index is -0.128. The molecule has 0 saturated heterocycles. The predicted octanol–water partition coefficient (Wildman–Crippen LogP) is 1.76. The average molecular weight is 181 g/mol. The monoisotopic (exact) mass is 181 g/mol. The number of hydrogen-bond donors (Lipinski definition) is 1. The highest BCUT2D eigenvalue weighted by Crippen LogP contribution is 2.07. The van der Waals surface area contributed by atoms with Crippen LogP contribution in [0.3, 0.4) is 0 Å². The van der Waals surface area contributed by atoms with Crippen molar-refractivity contribution in [3.63, 3.8) is 0 Å². The number of aromatic amines is 1. The second-order valence-corrected chi connectivity index (χ2v) is 3.05. The zero-order chi connectivity index (χ0) is 9.68. The molecule has 1 atom stereocenters. The van der Waals surface area contributed by atoms with Crippen molar-refractivity contribution in [1.29, 1.82) is 0 Å². The van der Waals surface area contributed by atoms with Crippen LogP contribution in [0.2, 0.25) is 0 Å². The SMILES string of the molecule is CCOC(=O)C(C)Cc1ccc[nH]1. The Labute approximate surface area is 78.1 Å². The molecule has 0 fully saturated rings. The first kappa shape index (κ1) is 9.84. The number of rotatable bonds is 4. The lowest BCUT2D eigenvalue weighted by molar-refractivity contribution is -0.147. The Bertz CT molecular complexity index is 254. The van der Waals surface area contributed by atoms with Gasteiger partial charge >= 0.3 is 5.97 Å². The van der Waals surface area contributed by atoms with Crippen molar-refractivity contribution in [2.75, 3.05) is 6.61 Å². The van der Waals surface area contributed by atoms with Crippen LogP contribution in [0.25, 0.3) is 0 Å². The molecule has 0 radical (unpaired) electrons. The van der Waals surface area contributed by atoms with Crippen LogP contribution in [0.4, 0.5) is 0 Å². The van der Waals surface area contributed by atoms with Gasteiger partial charge in [0, 0.05) is 18.3 Å². The molecular formula is C10H15NO2. The van der Waals surface area contributed by atoms with Gasteiger partial charge in [-0.15, -0.1) is 0 Å². The number of esters is 1. The topological polar surface area (TPSA) is 42.1 Å². The molecule has 0 aliphatic heterocycles. The quantitative estimate of drug-likeness (QED) is 0.719. The van der Waals surface area contributed by atoms with E-state index in [0.29, 0.717) is 13.0 Å². The van der Waals surface area contributed by atoms with Crippen LogP contribution in [-0.2, 0) is 16.0 Å². The smallest absolute Gasteiger partial charge is 0.309 e. The summed E-state index contributed by atoms with van der Waals surface area (Å²) in [7, 11) is 0. The molecule has 72 valence electrons. The number of H-pyrrole nitrogens is 1. The summed E-state index contributed by atoms with van der Waals surface area (Å²) in [5.41, 5.74) is 1.07. The van der Waals surface area contributed by atoms with Gasteiger partial charge in [-0.25, -0.2) is 0 Å². The van der Waals surface area contributed by atoms with Crippen molar-refractivity contribution in [1.82, 2.24) is 4.98 Å². The molecule has 0 aliphatic carbocycles. The van der Waals surface area contributed by atoms with Crippen LogP contribution in [0.5, 0.6) is 0 Å². The van der Waals surface area contributed by atoms with Gasteiger partial charge in [0.25, 0.3) is 0 Å². The zero-order valence-electron chi connectivity index (χ0n) is 8.04. The van der Waals surface area contributed by atoms with E-state index in [4.69, 9.17) is 4.74 Å². The van der Waals surface area contributed by atoms with E-state index in [0.717, 1.165) is 5.69 Å². The molecule has 1 aromatic heterocycles. The summed E-state index contributed by atoms with van der Waals surface area (Å²) in [5.74, 6) is -0.198. The number of ether oxygens (including phenoxy) is 1. The molecule has 0 saturated carbocycles. The Kier molecular flexibility index (Phi) is 3.55. The summed E-state index contributed by atoms with van der Waals surface area (Å²) in [4.78, 5) is 14.3. The standard InChI is InChI=1S/C10H15NO2/c1-3-13-10(12)8(2)7-9-5-4-6-11-9/h4-6,8,11H,3,7H2,1-2H3. The number of carbonyl (C=O) groups is 1. The van der Waals surface area contributed by atoms with Crippen LogP contribution in [-0.4, -0.2) is 17.6 Å². The molecular weight excluding hydrogens is 166 g/mol. The second-order valence-electron chi connectivity index (χ2n) is 3.05. The molecule has 0 spiro atoms. The van der Waals surface area contributed by atoms with Crippen LogP contribution in [0.15, 0.2) is 18.3 Å². The largest absolute Gasteiger partial charge is 0.466 e. The third-order valence-electron chi connectivity index (χ3n) is 1.88. The molecule has 0 amide bonds. The fourth-order valence-electron chi connectivity index (χ4n) is 1.19. The van der Waals surface area contributed by atoms with E-state index < -0.39 is 0 Å². The van der Waals surface area contributed by atoms with Crippen molar-refractivity contribution < 1.29 is 9.53 Å². The van der Waals surface area contributed by atoms with Gasteiger partial charge < -0.3 is 9.72 Å². The lowest BCUT2D eigenvalue weighted by Gasteiger charge is -2.08. The van der Waals surface area contributed by atoms with Gasteiger partial charge in [0.2, 0.25) is 0 Å². The summed E-state index contributed by atoms with van der Waals surface area (Å²) in [5, 5.41) is 0. The van der Waals surface area contributed by atoms with E-state index in [2.05, 4.69) is 4.98 Å². The van der Waals surface area contributed by atoms with Gasteiger partial charge in [0.05, 0.1) is 12.5 Å². The van der Waals surface area contributed by atoms with Crippen molar-refractivity contribution >= 4 is 5.97 Å². The minimum Gasteiger partial charge on any atom is -0.466 e. The Morgan fingerprint density at radius 1 is 1.69 bits per heavy atom. The fourth-order valence-corrected chi connectivity index (χ4v) is 1.19. The number of carbonyl (C=O) groups excluding carboxylic acids is 1. The maximum Gasteiger partial charge on any atom is 0.309 e. The highest BCUT2D eigenvalue weighted by Gasteiger charge is 2.14. The molecule has 1 N–H and O–H groups in total. The van der Waals surface area contributed by atoms with Crippen LogP contribution < -0.4 is 0 Å². The van der Waals surface area contributed by atoms with E-state index in [1.807, 2.05) is 32.2 Å². The zero-order valence-corrected chi connectivity index (χ0v) is 8.04. The normalized spacial score (nSPS) is 12.5. The Morgan fingerprint density at radius 2 is 2.46 bits per heavy atom. The molecule has 1 heterocycles. The maximum atomic E-state index is 11.2. The average Bonchev–Trinajstić information content (AvgIpc) is 2.57. The Morgan fingerprint density at radius 3 is 3.00 bits per heavy atom. The van der Waals surface area contributed by atoms with Gasteiger partial charge in [0.1, 0.15) is 0 Å². The number of nitrogens with one attached hydrogen (secondary N) is 1. The Balaban J connectivity index is 2.41. The van der Waals surface area contributed by atoms with Gasteiger partial charge in [-0.1, -0.05) is 6.92 Å². The lowest BCUT2D eigenvalue weighted by Crippen LogP contribution is -2.16. The van der Waals surface area contributed by atoms with Gasteiger partial charge in [-0.05, 0) is 19.1 Å². The molecule has 1 rings (SSSR count). The third kappa shape index (κ3) is 2.93. The predicted molar refractivity (Wildman–Crippen MR) is 50.3 cm³/mol. The van der Waals surface area contributed by atoms with Crippen molar-refractivity contribution in [3.8, 4) is 0 Å². The first-order chi connectivity index (χ1) is 6.24. The minimum absolute atomic E-state index is 0.0707. The van der Waals surface area contributed by atoms with Gasteiger partial charge in [0.15, 0.2) is 0 Å². The molecule has 1 unspecified atom stereocenters. The Hall–Kier alpha value is -1.25. The van der Waals surface area contributed by atoms with Crippen molar-refractivity contribution in [2.45, 2.75) is 20.3 Å². The van der Waals surface area contributed by atoms with E-state index in [1.165, 1.54) is 0 Å². The molecule has 3 nitrogen and oxygen atoms in total. The lowest BCUT2D eigenvalue weighted by atomic mass is 10.1. The van der Waals surface area contributed by atoms with E-state index >= 15 is 0 Å². The molecule has 1 aromatic rings. The molecule has 13 heavy (non-hydrogen) atoms. The van der Waals surface area contributed by atoms with Crippen LogP contribution in [0.1, 0.15) is 19.5 Å². The fraction of sp³-hybridized carbons (Fsp3) is 0.500. The summed E-state index contributed by atoms with van der Waals surface area (Å²) < 4.78 is 4.90. The number of hydrogen-bond acceptors (Lipinski definition) is 2. The highest BCUT2D eigenvalue weighted by molar-refractivity contribution is 5.72. The van der Waals surface area contributed by atoms with E-state index in [1.54, 1.807) is 0 Å². The molecule has 0 bridgehead atoms. The first-order valence-electron chi connectivity index (χ1n) is 4.53. The maximum absolute atomic E-state index is 11.2. The molecule has 0 aromatic carbocycles. The summed E-state index contributed by atoms with van der Waals surface area (Å²) in [6.45, 7) is 4.14. The van der Waals surface area contributed by atoms with Gasteiger partial charge in [-0.2, -0.15) is 0 Å². The summed E-state index contributed by atoms with van der Waals surface area (Å²) >= 11 is 0. The van der Waals surface area contributed by atoms with Crippen LogP contribution >= 0.6 is 0 Å². The van der Waals surface area contributed by atoms with Crippen molar-refractivity contribution in [2.24, 2.45) is 5.92 Å².